The fraction of sp³-hybridized carbons (Fsp3) is 0.250. The van der Waals surface area contributed by atoms with Crippen LogP contribution in [0.1, 0.15) is 0 Å². The molecule has 0 aromatic heterocycles. The van der Waals surface area contributed by atoms with Crippen LogP contribution in [0.5, 0.6) is 0 Å². The number of nitrogens with one attached hydrogen (secondary N) is 1. The molecule has 0 heterocycles. The highest BCUT2D eigenvalue weighted by molar-refractivity contribution is 5.86. The number of aliphatic carboxylic acids is 1. The molecule has 0 spiro atoms. The normalized spacial score (nSPS) is 8.62. The van der Waals surface area contributed by atoms with Crippen molar-refractivity contribution in [2.24, 2.45) is 0 Å². The van der Waals surface area contributed by atoms with Gasteiger partial charge in [0.25, 0.3) is 0 Å². The summed E-state index contributed by atoms with van der Waals surface area (Å²) in [6.07, 6.45) is 0. The highest BCUT2D eigenvalue weighted by Gasteiger charge is 1.99. The average Bonchev–Trinajstić information content (AvgIpc) is 1.67. The van der Waals surface area contributed by atoms with E-state index in [0.29, 0.717) is 0 Å². The molecule has 0 unspecified atom stereocenters. The van der Waals surface area contributed by atoms with E-state index in [-0.39, 0.29) is 12.1 Å². The molecule has 0 bridgehead atoms. The summed E-state index contributed by atoms with van der Waals surface area (Å²) in [6.45, 7) is 3.02. The fourth-order valence-electron chi connectivity index (χ4n) is 0.171. The van der Waals surface area contributed by atoms with Crippen molar-refractivity contribution in [1.29, 1.82) is 0 Å². The van der Waals surface area contributed by atoms with Gasteiger partial charge in [0.15, 0.2) is 0 Å². The van der Waals surface area contributed by atoms with Crippen LogP contribution < -0.4 is 5.48 Å². The summed E-state index contributed by atoms with van der Waals surface area (Å²) in [7, 11) is 0. The summed E-state index contributed by atoms with van der Waals surface area (Å²) < 4.78 is 0. The molecule has 0 rings (SSSR count). The lowest BCUT2D eigenvalue weighted by molar-refractivity contribution is -0.132. The van der Waals surface area contributed by atoms with Gasteiger partial charge in [0, 0.05) is 5.57 Å². The molecular formula is C4H7NO3. The van der Waals surface area contributed by atoms with E-state index in [1.807, 2.05) is 0 Å². The van der Waals surface area contributed by atoms with Crippen molar-refractivity contribution in [2.45, 2.75) is 0 Å². The highest BCUT2D eigenvalue weighted by atomic mass is 16.5. The third-order valence-corrected chi connectivity index (χ3v) is 0.595. The van der Waals surface area contributed by atoms with Gasteiger partial charge in [-0.15, -0.1) is 0 Å². The van der Waals surface area contributed by atoms with Gasteiger partial charge in [-0.1, -0.05) is 6.58 Å². The molecule has 0 aliphatic heterocycles. The lowest BCUT2D eigenvalue weighted by atomic mass is 10.3. The minimum absolute atomic E-state index is 0.0625. The third-order valence-electron chi connectivity index (χ3n) is 0.595. The van der Waals surface area contributed by atoms with Crippen LogP contribution in [0.15, 0.2) is 12.2 Å². The second kappa shape index (κ2) is 3.17. The van der Waals surface area contributed by atoms with Gasteiger partial charge in [-0.05, 0) is 0 Å². The quantitative estimate of drug-likeness (QED) is 0.347. The molecule has 0 radical (unpaired) electrons. The van der Waals surface area contributed by atoms with Crippen molar-refractivity contribution in [3.05, 3.63) is 12.2 Å². The van der Waals surface area contributed by atoms with Crippen LogP contribution in [0, 0.1) is 0 Å². The summed E-state index contributed by atoms with van der Waals surface area (Å²) in [5.41, 5.74) is 1.61. The summed E-state index contributed by atoms with van der Waals surface area (Å²) in [5, 5.41) is 16.0. The van der Waals surface area contributed by atoms with Crippen molar-refractivity contribution >= 4 is 5.97 Å². The minimum atomic E-state index is -1.11. The Labute approximate surface area is 46.4 Å². The molecular weight excluding hydrogens is 110 g/mol. The first kappa shape index (κ1) is 7.13. The van der Waals surface area contributed by atoms with E-state index in [9.17, 15) is 4.79 Å². The molecule has 4 heteroatoms. The molecule has 0 aromatic carbocycles. The van der Waals surface area contributed by atoms with Gasteiger partial charge >= 0.3 is 5.97 Å². The van der Waals surface area contributed by atoms with Gasteiger partial charge in [-0.2, -0.15) is 0 Å². The van der Waals surface area contributed by atoms with Crippen LogP contribution in [0.25, 0.3) is 0 Å². The van der Waals surface area contributed by atoms with Gasteiger partial charge in [-0.3, -0.25) is 0 Å². The lowest BCUT2D eigenvalue weighted by Crippen LogP contribution is -2.15. The maximum Gasteiger partial charge on any atom is 0.332 e. The summed E-state index contributed by atoms with van der Waals surface area (Å²) in [4.78, 5) is 9.84. The molecule has 3 N–H and O–H groups in total. The summed E-state index contributed by atoms with van der Waals surface area (Å²) in [5.74, 6) is -1.11. The number of hydrogen-bond acceptors (Lipinski definition) is 3. The summed E-state index contributed by atoms with van der Waals surface area (Å²) >= 11 is 0. The molecule has 0 saturated carbocycles. The smallest absolute Gasteiger partial charge is 0.332 e. The highest BCUT2D eigenvalue weighted by Crippen LogP contribution is 1.83. The standard InChI is InChI=1S/C4H7NO3/c1-3(2-5-8)4(6)7/h5,8H,1-2H2,(H,6,7). The number of hydroxylamine groups is 1. The zero-order valence-electron chi connectivity index (χ0n) is 4.22. The number of carbonyl (C=O) groups is 1. The number of carboxylic acid groups (broad SMARTS) is 1. The Morgan fingerprint density at radius 2 is 2.25 bits per heavy atom. The lowest BCUT2D eigenvalue weighted by Gasteiger charge is -1.93. The van der Waals surface area contributed by atoms with Crippen molar-refractivity contribution in [2.75, 3.05) is 6.54 Å². The maximum absolute atomic E-state index is 9.84. The molecule has 4 nitrogen and oxygen atoms in total. The summed E-state index contributed by atoms with van der Waals surface area (Å²) in [6, 6.07) is 0. The SMILES string of the molecule is C=C(CNO)C(=O)O. The van der Waals surface area contributed by atoms with E-state index in [1.165, 1.54) is 0 Å². The minimum Gasteiger partial charge on any atom is -0.478 e. The van der Waals surface area contributed by atoms with Crippen LogP contribution in [0.2, 0.25) is 0 Å². The van der Waals surface area contributed by atoms with Crippen LogP contribution in [0.3, 0.4) is 0 Å². The zero-order valence-corrected chi connectivity index (χ0v) is 4.22. The van der Waals surface area contributed by atoms with E-state index in [1.54, 1.807) is 5.48 Å². The van der Waals surface area contributed by atoms with Gasteiger partial charge in [0.05, 0.1) is 6.54 Å². The molecule has 0 fully saturated rings. The van der Waals surface area contributed by atoms with E-state index in [4.69, 9.17) is 10.3 Å². The Hall–Kier alpha value is -0.870. The number of rotatable bonds is 3. The van der Waals surface area contributed by atoms with E-state index in [0.717, 1.165) is 0 Å². The predicted octanol–water partition coefficient (Wildman–Crippen LogP) is -0.394. The van der Waals surface area contributed by atoms with Crippen molar-refractivity contribution in [3.63, 3.8) is 0 Å². The van der Waals surface area contributed by atoms with Gasteiger partial charge in [0.1, 0.15) is 0 Å². The first-order valence-electron chi connectivity index (χ1n) is 1.96. The molecule has 0 atom stereocenters. The van der Waals surface area contributed by atoms with Crippen molar-refractivity contribution in [3.8, 4) is 0 Å². The van der Waals surface area contributed by atoms with Gasteiger partial charge in [0.2, 0.25) is 0 Å². The Morgan fingerprint density at radius 1 is 1.75 bits per heavy atom. The average molecular weight is 117 g/mol. The first-order valence-corrected chi connectivity index (χ1v) is 1.96. The molecule has 0 amide bonds. The molecule has 46 valence electrons. The fourth-order valence-corrected chi connectivity index (χ4v) is 0.171. The number of hydrogen-bond donors (Lipinski definition) is 3. The Balaban J connectivity index is 3.49. The van der Waals surface area contributed by atoms with Crippen LogP contribution >= 0.6 is 0 Å². The van der Waals surface area contributed by atoms with E-state index < -0.39 is 5.97 Å². The molecule has 0 saturated heterocycles. The second-order valence-corrected chi connectivity index (χ2v) is 1.24. The van der Waals surface area contributed by atoms with Crippen molar-refractivity contribution in [1.82, 2.24) is 5.48 Å². The molecule has 8 heavy (non-hydrogen) atoms. The van der Waals surface area contributed by atoms with E-state index in [2.05, 4.69) is 6.58 Å². The van der Waals surface area contributed by atoms with Crippen LogP contribution in [-0.2, 0) is 4.79 Å². The predicted molar refractivity (Wildman–Crippen MR) is 26.6 cm³/mol. The van der Waals surface area contributed by atoms with E-state index >= 15 is 0 Å². The topological polar surface area (TPSA) is 69.6 Å². The van der Waals surface area contributed by atoms with Crippen LogP contribution in [-0.4, -0.2) is 22.8 Å². The molecule has 0 aromatic rings. The van der Waals surface area contributed by atoms with Crippen molar-refractivity contribution < 1.29 is 15.1 Å². The first-order chi connectivity index (χ1) is 3.68. The zero-order chi connectivity index (χ0) is 6.57. The molecule has 0 aliphatic rings. The number of carboxylic acids is 1. The van der Waals surface area contributed by atoms with Crippen LogP contribution in [0.4, 0.5) is 0 Å². The third kappa shape index (κ3) is 2.33. The Bertz CT molecular complexity index is 110. The second-order valence-electron chi connectivity index (χ2n) is 1.24. The Kier molecular flexibility index (Phi) is 2.83. The monoisotopic (exact) mass is 117 g/mol. The Morgan fingerprint density at radius 3 is 2.38 bits per heavy atom. The van der Waals surface area contributed by atoms with Gasteiger partial charge < -0.3 is 10.3 Å². The molecule has 0 aliphatic carbocycles. The van der Waals surface area contributed by atoms with Gasteiger partial charge in [-0.25, -0.2) is 10.3 Å². The maximum atomic E-state index is 9.84. The largest absolute Gasteiger partial charge is 0.478 e.